The minimum Gasteiger partial charge on any atom is -0.435 e. The molecule has 2 rings (SSSR count). The Morgan fingerprint density at radius 3 is 2.23 bits per heavy atom. The van der Waals surface area contributed by atoms with Gasteiger partial charge >= 0.3 is 12.8 Å². The molecule has 1 aromatic carbocycles. The Labute approximate surface area is 147 Å². The molecule has 0 aromatic heterocycles. The molecular formula is C16H20F5N3O2. The number of benzene rings is 1. The molecule has 1 amide bonds. The number of halogens is 5. The van der Waals surface area contributed by atoms with Crippen LogP contribution in [-0.2, 0) is 4.79 Å². The van der Waals surface area contributed by atoms with E-state index < -0.39 is 25.4 Å². The van der Waals surface area contributed by atoms with Crippen LogP contribution < -0.4 is 10.1 Å². The van der Waals surface area contributed by atoms with E-state index in [9.17, 15) is 26.7 Å². The molecule has 1 aliphatic heterocycles. The first-order chi connectivity index (χ1) is 12.1. The van der Waals surface area contributed by atoms with E-state index in [4.69, 9.17) is 0 Å². The van der Waals surface area contributed by atoms with E-state index in [0.29, 0.717) is 18.8 Å². The number of hydrogen-bond acceptors (Lipinski definition) is 4. The Morgan fingerprint density at radius 2 is 1.73 bits per heavy atom. The average molecular weight is 381 g/mol. The third kappa shape index (κ3) is 6.41. The van der Waals surface area contributed by atoms with Gasteiger partial charge in [0, 0.05) is 31.9 Å². The van der Waals surface area contributed by atoms with Crippen LogP contribution in [0.4, 0.5) is 27.6 Å². The summed E-state index contributed by atoms with van der Waals surface area (Å²) >= 11 is 0. The maximum atomic E-state index is 12.4. The van der Waals surface area contributed by atoms with Gasteiger partial charge in [0.1, 0.15) is 5.75 Å². The standard InChI is InChI=1S/C16H20F5N3O2/c1-11(24-8-6-23(7-9-24)10-16(19,20)21)14(25)22-12-2-4-13(5-3-12)26-15(17)18/h2-5,11,15H,6-10H2,1H3,(H,22,25). The normalized spacial score (nSPS) is 18.0. The number of hydrogen-bond donors (Lipinski definition) is 1. The Bertz CT molecular complexity index is 587. The minimum absolute atomic E-state index is 0.0214. The number of anilines is 1. The first kappa shape index (κ1) is 20.4. The predicted molar refractivity (Wildman–Crippen MR) is 85.2 cm³/mol. The van der Waals surface area contributed by atoms with Crippen LogP contribution in [0.25, 0.3) is 0 Å². The maximum Gasteiger partial charge on any atom is 0.401 e. The number of ether oxygens (including phenoxy) is 1. The molecule has 1 saturated heterocycles. The topological polar surface area (TPSA) is 44.8 Å². The number of amides is 1. The summed E-state index contributed by atoms with van der Waals surface area (Å²) < 4.78 is 65.6. The molecule has 0 saturated carbocycles. The number of alkyl halides is 5. The van der Waals surface area contributed by atoms with E-state index in [1.165, 1.54) is 29.2 Å². The van der Waals surface area contributed by atoms with Crippen molar-refractivity contribution in [3.8, 4) is 5.75 Å². The Morgan fingerprint density at radius 1 is 1.15 bits per heavy atom. The lowest BCUT2D eigenvalue weighted by Crippen LogP contribution is -2.54. The zero-order valence-electron chi connectivity index (χ0n) is 14.1. The first-order valence-electron chi connectivity index (χ1n) is 8.03. The van der Waals surface area contributed by atoms with Crippen molar-refractivity contribution < 1.29 is 31.5 Å². The summed E-state index contributed by atoms with van der Waals surface area (Å²) in [5.41, 5.74) is 0.416. The second-order valence-electron chi connectivity index (χ2n) is 6.00. The van der Waals surface area contributed by atoms with Crippen LogP contribution in [0, 0.1) is 0 Å². The van der Waals surface area contributed by atoms with Crippen molar-refractivity contribution in [2.45, 2.75) is 25.8 Å². The predicted octanol–water partition coefficient (Wildman–Crippen LogP) is 2.79. The summed E-state index contributed by atoms with van der Waals surface area (Å²) in [5.74, 6) is -0.344. The molecule has 10 heteroatoms. The molecule has 0 radical (unpaired) electrons. The van der Waals surface area contributed by atoms with Gasteiger partial charge in [-0.3, -0.25) is 14.6 Å². The number of piperazine rings is 1. The zero-order chi connectivity index (χ0) is 19.3. The van der Waals surface area contributed by atoms with E-state index >= 15 is 0 Å². The molecule has 0 aliphatic carbocycles. The lowest BCUT2D eigenvalue weighted by atomic mass is 10.2. The van der Waals surface area contributed by atoms with E-state index in [1.54, 1.807) is 11.8 Å². The van der Waals surface area contributed by atoms with Gasteiger partial charge in [0.15, 0.2) is 0 Å². The number of carbonyl (C=O) groups is 1. The Balaban J connectivity index is 1.82. The highest BCUT2D eigenvalue weighted by molar-refractivity contribution is 5.94. The highest BCUT2D eigenvalue weighted by Gasteiger charge is 2.33. The zero-order valence-corrected chi connectivity index (χ0v) is 14.1. The summed E-state index contributed by atoms with van der Waals surface area (Å²) in [7, 11) is 0. The monoisotopic (exact) mass is 381 g/mol. The highest BCUT2D eigenvalue weighted by Crippen LogP contribution is 2.20. The molecule has 1 aliphatic rings. The maximum absolute atomic E-state index is 12.4. The molecular weight excluding hydrogens is 361 g/mol. The van der Waals surface area contributed by atoms with Crippen molar-refractivity contribution in [2.75, 3.05) is 38.0 Å². The van der Waals surface area contributed by atoms with Crippen LogP contribution in [-0.4, -0.2) is 67.3 Å². The van der Waals surface area contributed by atoms with E-state index in [1.807, 2.05) is 0 Å². The second-order valence-corrected chi connectivity index (χ2v) is 6.00. The van der Waals surface area contributed by atoms with Crippen LogP contribution in [0.15, 0.2) is 24.3 Å². The molecule has 5 nitrogen and oxygen atoms in total. The van der Waals surface area contributed by atoms with Crippen molar-refractivity contribution in [2.24, 2.45) is 0 Å². The van der Waals surface area contributed by atoms with Crippen molar-refractivity contribution in [1.29, 1.82) is 0 Å². The number of nitrogens with one attached hydrogen (secondary N) is 1. The molecule has 26 heavy (non-hydrogen) atoms. The molecule has 1 heterocycles. The van der Waals surface area contributed by atoms with Gasteiger partial charge in [0.2, 0.25) is 5.91 Å². The van der Waals surface area contributed by atoms with Crippen molar-refractivity contribution in [3.63, 3.8) is 0 Å². The third-order valence-electron chi connectivity index (χ3n) is 4.08. The first-order valence-corrected chi connectivity index (χ1v) is 8.03. The van der Waals surface area contributed by atoms with Crippen LogP contribution in [0.2, 0.25) is 0 Å². The number of rotatable bonds is 6. The van der Waals surface area contributed by atoms with Crippen LogP contribution in [0.5, 0.6) is 5.75 Å². The van der Waals surface area contributed by atoms with E-state index in [-0.39, 0.29) is 24.7 Å². The van der Waals surface area contributed by atoms with Gasteiger partial charge in [-0.1, -0.05) is 0 Å². The summed E-state index contributed by atoms with van der Waals surface area (Å²) in [5, 5.41) is 2.65. The van der Waals surface area contributed by atoms with Gasteiger partial charge in [-0.15, -0.1) is 0 Å². The van der Waals surface area contributed by atoms with Crippen LogP contribution in [0.1, 0.15) is 6.92 Å². The van der Waals surface area contributed by atoms with Gasteiger partial charge in [0.25, 0.3) is 0 Å². The summed E-state index contributed by atoms with van der Waals surface area (Å²) in [6.07, 6.45) is -4.23. The molecule has 0 spiro atoms. The van der Waals surface area contributed by atoms with Gasteiger partial charge < -0.3 is 10.1 Å². The molecule has 146 valence electrons. The van der Waals surface area contributed by atoms with Crippen molar-refractivity contribution >= 4 is 11.6 Å². The Kier molecular flexibility index (Phi) is 6.76. The molecule has 1 aromatic rings. The smallest absolute Gasteiger partial charge is 0.401 e. The largest absolute Gasteiger partial charge is 0.435 e. The minimum atomic E-state index is -4.23. The fraction of sp³-hybridized carbons (Fsp3) is 0.562. The lowest BCUT2D eigenvalue weighted by molar-refractivity contribution is -0.150. The summed E-state index contributed by atoms with van der Waals surface area (Å²) in [6, 6.07) is 4.96. The third-order valence-corrected chi connectivity index (χ3v) is 4.08. The lowest BCUT2D eigenvalue weighted by Gasteiger charge is -2.37. The number of nitrogens with zero attached hydrogens (tertiary/aromatic N) is 2. The molecule has 1 atom stereocenters. The SMILES string of the molecule is CC(C(=O)Nc1ccc(OC(F)F)cc1)N1CCN(CC(F)(F)F)CC1. The highest BCUT2D eigenvalue weighted by atomic mass is 19.4. The van der Waals surface area contributed by atoms with Crippen LogP contribution >= 0.6 is 0 Å². The fourth-order valence-corrected chi connectivity index (χ4v) is 2.69. The molecule has 0 bridgehead atoms. The Hall–Kier alpha value is -1.94. The molecule has 1 unspecified atom stereocenters. The summed E-state index contributed by atoms with van der Waals surface area (Å²) in [4.78, 5) is 15.4. The van der Waals surface area contributed by atoms with Gasteiger partial charge in [-0.05, 0) is 31.2 Å². The average Bonchev–Trinajstić information content (AvgIpc) is 2.55. The van der Waals surface area contributed by atoms with Crippen molar-refractivity contribution in [3.05, 3.63) is 24.3 Å². The van der Waals surface area contributed by atoms with E-state index in [0.717, 1.165) is 0 Å². The number of carbonyl (C=O) groups excluding carboxylic acids is 1. The van der Waals surface area contributed by atoms with Crippen LogP contribution in [0.3, 0.4) is 0 Å². The quantitative estimate of drug-likeness (QED) is 0.770. The fourth-order valence-electron chi connectivity index (χ4n) is 2.69. The van der Waals surface area contributed by atoms with E-state index in [2.05, 4.69) is 10.1 Å². The molecule has 1 N–H and O–H groups in total. The van der Waals surface area contributed by atoms with Gasteiger partial charge in [-0.25, -0.2) is 0 Å². The molecule has 1 fully saturated rings. The van der Waals surface area contributed by atoms with Crippen molar-refractivity contribution in [1.82, 2.24) is 9.80 Å². The summed E-state index contributed by atoms with van der Waals surface area (Å²) in [6.45, 7) is -1.03. The van der Waals surface area contributed by atoms with Gasteiger partial charge in [-0.2, -0.15) is 22.0 Å². The second kappa shape index (κ2) is 8.63. The van der Waals surface area contributed by atoms with Gasteiger partial charge in [0.05, 0.1) is 12.6 Å².